The van der Waals surface area contributed by atoms with Crippen molar-refractivity contribution < 1.29 is 14.4 Å². The summed E-state index contributed by atoms with van der Waals surface area (Å²) in [4.78, 5) is 40.7. The number of carbonyl (C=O) groups excluding carboxylic acids is 3. The molecule has 7 nitrogen and oxygen atoms in total. The van der Waals surface area contributed by atoms with Crippen LogP contribution in [0.5, 0.6) is 0 Å². The van der Waals surface area contributed by atoms with Gasteiger partial charge in [0.2, 0.25) is 11.9 Å². The van der Waals surface area contributed by atoms with Crippen LogP contribution in [0.3, 0.4) is 0 Å². The number of halogens is 1. The van der Waals surface area contributed by atoms with E-state index < -0.39 is 17.7 Å². The van der Waals surface area contributed by atoms with E-state index in [0.717, 1.165) is 4.47 Å². The SMILES string of the molecule is NC(=O)c1ccc(N=C(NC(=O)c2ccccc2)NC(=O)c2ccc(Br)cc2)cc1. The zero-order chi connectivity index (χ0) is 21.5. The summed E-state index contributed by atoms with van der Waals surface area (Å²) in [6, 6.07) is 21.4. The molecular formula is C22H17BrN4O3. The van der Waals surface area contributed by atoms with Gasteiger partial charge in [-0.3, -0.25) is 25.0 Å². The van der Waals surface area contributed by atoms with E-state index >= 15 is 0 Å². The van der Waals surface area contributed by atoms with E-state index in [-0.39, 0.29) is 5.96 Å². The topological polar surface area (TPSA) is 114 Å². The van der Waals surface area contributed by atoms with Crippen LogP contribution < -0.4 is 16.4 Å². The van der Waals surface area contributed by atoms with Gasteiger partial charge >= 0.3 is 0 Å². The Labute approximate surface area is 181 Å². The van der Waals surface area contributed by atoms with Crippen LogP contribution in [0, 0.1) is 0 Å². The van der Waals surface area contributed by atoms with Gasteiger partial charge in [-0.15, -0.1) is 0 Å². The summed E-state index contributed by atoms with van der Waals surface area (Å²) in [7, 11) is 0. The van der Waals surface area contributed by atoms with E-state index in [1.54, 1.807) is 66.7 Å². The van der Waals surface area contributed by atoms with Crippen LogP contribution in [0.1, 0.15) is 31.1 Å². The van der Waals surface area contributed by atoms with E-state index in [2.05, 4.69) is 31.6 Å². The van der Waals surface area contributed by atoms with Gasteiger partial charge in [0.25, 0.3) is 11.8 Å². The summed E-state index contributed by atoms with van der Waals surface area (Å²) < 4.78 is 0.833. The third-order valence-corrected chi connectivity index (χ3v) is 4.53. The third kappa shape index (κ3) is 5.62. The number of hydrogen-bond donors (Lipinski definition) is 3. The maximum atomic E-state index is 12.6. The van der Waals surface area contributed by atoms with Crippen molar-refractivity contribution >= 4 is 45.3 Å². The van der Waals surface area contributed by atoms with Gasteiger partial charge in [-0.05, 0) is 60.7 Å². The molecule has 0 spiro atoms. The summed E-state index contributed by atoms with van der Waals surface area (Å²) in [6.45, 7) is 0. The number of guanidine groups is 1. The van der Waals surface area contributed by atoms with E-state index in [4.69, 9.17) is 5.73 Å². The van der Waals surface area contributed by atoms with Crippen molar-refractivity contribution in [3.63, 3.8) is 0 Å². The average Bonchev–Trinajstić information content (AvgIpc) is 2.75. The normalized spacial score (nSPS) is 10.9. The van der Waals surface area contributed by atoms with Gasteiger partial charge in [-0.25, -0.2) is 4.99 Å². The second-order valence-electron chi connectivity index (χ2n) is 6.15. The zero-order valence-corrected chi connectivity index (χ0v) is 17.2. The molecule has 3 rings (SSSR count). The summed E-state index contributed by atoms with van der Waals surface area (Å²) in [5.74, 6) is -1.49. The highest BCUT2D eigenvalue weighted by Crippen LogP contribution is 2.14. The second kappa shape index (κ2) is 9.62. The molecule has 30 heavy (non-hydrogen) atoms. The Bertz CT molecular complexity index is 1100. The molecule has 0 radical (unpaired) electrons. The van der Waals surface area contributed by atoms with E-state index in [1.807, 2.05) is 0 Å². The quantitative estimate of drug-likeness (QED) is 0.406. The Balaban J connectivity index is 1.87. The van der Waals surface area contributed by atoms with Gasteiger partial charge in [0, 0.05) is 21.2 Å². The molecule has 0 fully saturated rings. The van der Waals surface area contributed by atoms with Gasteiger partial charge in [0.1, 0.15) is 0 Å². The highest BCUT2D eigenvalue weighted by Gasteiger charge is 2.13. The molecule has 0 heterocycles. The lowest BCUT2D eigenvalue weighted by atomic mass is 10.2. The van der Waals surface area contributed by atoms with Crippen LogP contribution >= 0.6 is 15.9 Å². The van der Waals surface area contributed by atoms with Gasteiger partial charge in [0.05, 0.1) is 5.69 Å². The first-order chi connectivity index (χ1) is 14.4. The summed E-state index contributed by atoms with van der Waals surface area (Å²) in [5, 5.41) is 5.22. The lowest BCUT2D eigenvalue weighted by Gasteiger charge is -2.11. The van der Waals surface area contributed by atoms with Crippen molar-refractivity contribution in [2.24, 2.45) is 10.7 Å². The van der Waals surface area contributed by atoms with Crippen molar-refractivity contribution in [1.29, 1.82) is 0 Å². The van der Waals surface area contributed by atoms with Gasteiger partial charge in [-0.2, -0.15) is 0 Å². The first-order valence-corrected chi connectivity index (χ1v) is 9.63. The number of nitrogens with two attached hydrogens (primary N) is 1. The number of aliphatic imine (C=N–C) groups is 1. The molecule has 0 aliphatic heterocycles. The first kappa shape index (κ1) is 20.9. The molecule has 3 aromatic carbocycles. The minimum atomic E-state index is -0.563. The molecule has 0 aliphatic rings. The largest absolute Gasteiger partial charge is 0.366 e. The van der Waals surface area contributed by atoms with Crippen LogP contribution in [0.25, 0.3) is 0 Å². The second-order valence-corrected chi connectivity index (χ2v) is 7.07. The van der Waals surface area contributed by atoms with Crippen molar-refractivity contribution in [1.82, 2.24) is 10.6 Å². The third-order valence-electron chi connectivity index (χ3n) is 4.00. The van der Waals surface area contributed by atoms with Crippen molar-refractivity contribution in [2.75, 3.05) is 0 Å². The number of benzene rings is 3. The summed E-state index contributed by atoms with van der Waals surface area (Å²) in [6.07, 6.45) is 0. The van der Waals surface area contributed by atoms with Crippen LogP contribution in [-0.4, -0.2) is 23.7 Å². The predicted octanol–water partition coefficient (Wildman–Crippen LogP) is 3.40. The zero-order valence-electron chi connectivity index (χ0n) is 15.6. The monoisotopic (exact) mass is 464 g/mol. The Morgan fingerprint density at radius 2 is 1.20 bits per heavy atom. The van der Waals surface area contributed by atoms with Crippen molar-refractivity contribution in [3.8, 4) is 0 Å². The average molecular weight is 465 g/mol. The molecule has 0 unspecified atom stereocenters. The van der Waals surface area contributed by atoms with Crippen LogP contribution in [0.4, 0.5) is 5.69 Å². The summed E-state index contributed by atoms with van der Waals surface area (Å²) in [5.41, 5.74) is 6.78. The molecule has 0 atom stereocenters. The smallest absolute Gasteiger partial charge is 0.257 e. The molecule has 0 saturated heterocycles. The number of nitrogens with one attached hydrogen (secondary N) is 2. The molecule has 3 aromatic rings. The fourth-order valence-corrected chi connectivity index (χ4v) is 2.73. The molecule has 8 heteroatoms. The molecule has 4 N–H and O–H groups in total. The van der Waals surface area contributed by atoms with Gasteiger partial charge in [-0.1, -0.05) is 34.1 Å². The highest BCUT2D eigenvalue weighted by molar-refractivity contribution is 9.10. The number of rotatable bonds is 4. The van der Waals surface area contributed by atoms with Crippen LogP contribution in [0.2, 0.25) is 0 Å². The highest BCUT2D eigenvalue weighted by atomic mass is 79.9. The Morgan fingerprint density at radius 3 is 1.73 bits per heavy atom. The Hall–Kier alpha value is -3.78. The molecule has 0 aromatic heterocycles. The number of nitrogens with zero attached hydrogens (tertiary/aromatic N) is 1. The fraction of sp³-hybridized carbons (Fsp3) is 0. The lowest BCUT2D eigenvalue weighted by molar-refractivity contribution is 0.0963. The minimum Gasteiger partial charge on any atom is -0.366 e. The molecule has 0 bridgehead atoms. The van der Waals surface area contributed by atoms with Crippen molar-refractivity contribution in [2.45, 2.75) is 0 Å². The Kier molecular flexibility index (Phi) is 6.71. The lowest BCUT2D eigenvalue weighted by Crippen LogP contribution is -2.43. The van der Waals surface area contributed by atoms with Gasteiger partial charge in [0.15, 0.2) is 0 Å². The molecule has 150 valence electrons. The fourth-order valence-electron chi connectivity index (χ4n) is 2.47. The number of amides is 3. The first-order valence-electron chi connectivity index (χ1n) is 8.84. The van der Waals surface area contributed by atoms with E-state index in [9.17, 15) is 14.4 Å². The van der Waals surface area contributed by atoms with Crippen LogP contribution in [0.15, 0.2) is 88.3 Å². The minimum absolute atomic E-state index is 0.0522. The summed E-state index contributed by atoms with van der Waals surface area (Å²) >= 11 is 3.32. The standard InChI is InChI=1S/C22H17BrN4O3/c23-17-10-6-16(7-11-17)21(30)27-22(26-20(29)15-4-2-1-3-5-15)25-18-12-8-14(9-13-18)19(24)28/h1-13H,(H2,24,28)(H2,25,26,27,29,30). The van der Waals surface area contributed by atoms with E-state index in [1.165, 1.54) is 12.1 Å². The maximum Gasteiger partial charge on any atom is 0.257 e. The predicted molar refractivity (Wildman–Crippen MR) is 118 cm³/mol. The van der Waals surface area contributed by atoms with Gasteiger partial charge < -0.3 is 5.73 Å². The number of hydrogen-bond acceptors (Lipinski definition) is 4. The molecule has 3 amide bonds. The Morgan fingerprint density at radius 1 is 0.700 bits per heavy atom. The number of primary amides is 1. The number of carbonyl (C=O) groups is 3. The van der Waals surface area contributed by atoms with Crippen LogP contribution in [-0.2, 0) is 0 Å². The molecule has 0 aliphatic carbocycles. The van der Waals surface area contributed by atoms with Crippen molar-refractivity contribution in [3.05, 3.63) is 100 Å². The van der Waals surface area contributed by atoms with E-state index in [0.29, 0.717) is 22.4 Å². The maximum absolute atomic E-state index is 12.6. The molecule has 0 saturated carbocycles. The molecular weight excluding hydrogens is 448 g/mol.